The summed E-state index contributed by atoms with van der Waals surface area (Å²) in [7, 11) is 5.29. The third-order valence-corrected chi connectivity index (χ3v) is 3.18. The van der Waals surface area contributed by atoms with Crippen LogP contribution in [0.4, 0.5) is 0 Å². The van der Waals surface area contributed by atoms with Gasteiger partial charge >= 0.3 is 0 Å². The van der Waals surface area contributed by atoms with Crippen LogP contribution < -0.4 is 14.8 Å². The summed E-state index contributed by atoms with van der Waals surface area (Å²) in [5.41, 5.74) is 1.91. The number of hydrogen-bond donors (Lipinski definition) is 1. The summed E-state index contributed by atoms with van der Waals surface area (Å²) in [4.78, 5) is 4.45. The monoisotopic (exact) mass is 275 g/mol. The molecule has 1 heterocycles. The minimum atomic E-state index is -0.0627. The van der Waals surface area contributed by atoms with Crippen molar-refractivity contribution in [2.24, 2.45) is 7.05 Å². The van der Waals surface area contributed by atoms with Gasteiger partial charge in [-0.2, -0.15) is 0 Å². The predicted octanol–water partition coefficient (Wildman–Crippen LogP) is 2.14. The van der Waals surface area contributed by atoms with Gasteiger partial charge in [0.15, 0.2) is 0 Å². The van der Waals surface area contributed by atoms with Gasteiger partial charge in [0.1, 0.15) is 11.5 Å². The molecule has 20 heavy (non-hydrogen) atoms. The molecule has 0 saturated heterocycles. The lowest BCUT2D eigenvalue weighted by atomic mass is 10.0. The summed E-state index contributed by atoms with van der Waals surface area (Å²) < 4.78 is 12.9. The Balaban J connectivity index is 2.53. The van der Waals surface area contributed by atoms with E-state index in [-0.39, 0.29) is 6.04 Å². The van der Waals surface area contributed by atoms with Crippen molar-refractivity contribution in [3.8, 4) is 11.5 Å². The fourth-order valence-corrected chi connectivity index (χ4v) is 2.31. The highest BCUT2D eigenvalue weighted by atomic mass is 16.5. The summed E-state index contributed by atoms with van der Waals surface area (Å²) in [6.07, 6.45) is 3.79. The van der Waals surface area contributed by atoms with Gasteiger partial charge in [0.25, 0.3) is 0 Å². The molecule has 0 aliphatic carbocycles. The Morgan fingerprint density at radius 2 is 1.90 bits per heavy atom. The predicted molar refractivity (Wildman–Crippen MR) is 78.3 cm³/mol. The van der Waals surface area contributed by atoms with E-state index in [1.165, 1.54) is 0 Å². The third kappa shape index (κ3) is 2.77. The van der Waals surface area contributed by atoms with Crippen LogP contribution in [0.15, 0.2) is 30.7 Å². The number of rotatable bonds is 6. The van der Waals surface area contributed by atoms with E-state index in [0.717, 1.165) is 29.3 Å². The zero-order chi connectivity index (χ0) is 14.5. The first-order valence-corrected chi connectivity index (χ1v) is 6.63. The van der Waals surface area contributed by atoms with Crippen LogP contribution in [0.25, 0.3) is 0 Å². The Morgan fingerprint density at radius 1 is 1.25 bits per heavy atom. The van der Waals surface area contributed by atoms with Crippen LogP contribution in [0.5, 0.6) is 11.5 Å². The molecular weight excluding hydrogens is 254 g/mol. The fourth-order valence-electron chi connectivity index (χ4n) is 2.31. The molecule has 0 aliphatic heterocycles. The highest BCUT2D eigenvalue weighted by molar-refractivity contribution is 5.49. The first-order valence-electron chi connectivity index (χ1n) is 6.63. The quantitative estimate of drug-likeness (QED) is 0.877. The minimum absolute atomic E-state index is 0.0627. The maximum atomic E-state index is 5.49. The molecule has 1 N–H and O–H groups in total. The molecule has 0 saturated carbocycles. The second-order valence-corrected chi connectivity index (χ2v) is 4.53. The number of aromatic nitrogens is 2. The number of nitrogens with one attached hydrogen (secondary N) is 1. The van der Waals surface area contributed by atoms with Crippen LogP contribution in [0.1, 0.15) is 24.2 Å². The average Bonchev–Trinajstić information content (AvgIpc) is 2.90. The van der Waals surface area contributed by atoms with Gasteiger partial charge in [-0.05, 0) is 18.7 Å². The Kier molecular flexibility index (Phi) is 4.63. The van der Waals surface area contributed by atoms with E-state index in [4.69, 9.17) is 9.47 Å². The lowest BCUT2D eigenvalue weighted by Crippen LogP contribution is -2.23. The van der Waals surface area contributed by atoms with Crippen LogP contribution in [0.3, 0.4) is 0 Å². The molecule has 1 atom stereocenters. The third-order valence-electron chi connectivity index (χ3n) is 3.18. The van der Waals surface area contributed by atoms with E-state index in [2.05, 4.69) is 17.2 Å². The standard InChI is InChI=1S/C15H21N3O2/c1-5-16-15(11-9-18(2)10-17-11)14-12(19-3)7-6-8-13(14)20-4/h6-10,15-16H,5H2,1-4H3. The zero-order valence-electron chi connectivity index (χ0n) is 12.4. The normalized spacial score (nSPS) is 12.2. The van der Waals surface area contributed by atoms with Gasteiger partial charge in [0, 0.05) is 13.2 Å². The molecule has 5 heteroatoms. The van der Waals surface area contributed by atoms with Gasteiger partial charge in [-0.15, -0.1) is 0 Å². The number of benzene rings is 1. The van der Waals surface area contributed by atoms with Crippen molar-refractivity contribution >= 4 is 0 Å². The topological polar surface area (TPSA) is 48.3 Å². The highest BCUT2D eigenvalue weighted by Crippen LogP contribution is 2.36. The summed E-state index contributed by atoms with van der Waals surface area (Å²) in [5, 5.41) is 3.44. The number of imidazole rings is 1. The van der Waals surface area contributed by atoms with Crippen LogP contribution in [0, 0.1) is 0 Å². The number of ether oxygens (including phenoxy) is 2. The maximum Gasteiger partial charge on any atom is 0.127 e. The molecule has 5 nitrogen and oxygen atoms in total. The second-order valence-electron chi connectivity index (χ2n) is 4.53. The maximum absolute atomic E-state index is 5.49. The molecule has 2 rings (SSSR count). The summed E-state index contributed by atoms with van der Waals surface area (Å²) >= 11 is 0. The molecule has 108 valence electrons. The summed E-state index contributed by atoms with van der Waals surface area (Å²) in [5.74, 6) is 1.59. The van der Waals surface area contributed by atoms with Crippen LogP contribution >= 0.6 is 0 Å². The smallest absolute Gasteiger partial charge is 0.127 e. The SMILES string of the molecule is CCNC(c1cn(C)cn1)c1c(OC)cccc1OC. The van der Waals surface area contributed by atoms with Crippen molar-refractivity contribution in [1.82, 2.24) is 14.9 Å². The minimum Gasteiger partial charge on any atom is -0.496 e. The molecule has 0 aliphatic rings. The summed E-state index contributed by atoms with van der Waals surface area (Å²) in [6, 6.07) is 5.73. The van der Waals surface area contributed by atoms with E-state index in [1.54, 1.807) is 20.5 Å². The molecule has 0 radical (unpaired) electrons. The van der Waals surface area contributed by atoms with Gasteiger partial charge in [-0.25, -0.2) is 4.98 Å². The molecule has 0 amide bonds. The van der Waals surface area contributed by atoms with Gasteiger partial charge < -0.3 is 19.4 Å². The summed E-state index contributed by atoms with van der Waals surface area (Å²) in [6.45, 7) is 2.89. The van der Waals surface area contributed by atoms with E-state index in [0.29, 0.717) is 0 Å². The molecule has 1 aromatic carbocycles. The Labute approximate surface area is 119 Å². The molecule has 0 bridgehead atoms. The van der Waals surface area contributed by atoms with Gasteiger partial charge in [-0.3, -0.25) is 0 Å². The van der Waals surface area contributed by atoms with E-state index in [1.807, 2.05) is 36.0 Å². The van der Waals surface area contributed by atoms with Crippen LogP contribution in [-0.2, 0) is 7.05 Å². The number of hydrogen-bond acceptors (Lipinski definition) is 4. The van der Waals surface area contributed by atoms with Gasteiger partial charge in [0.05, 0.1) is 37.8 Å². The fraction of sp³-hybridized carbons (Fsp3) is 0.400. The zero-order valence-corrected chi connectivity index (χ0v) is 12.4. The molecule has 1 unspecified atom stereocenters. The van der Waals surface area contributed by atoms with Crippen LogP contribution in [0.2, 0.25) is 0 Å². The van der Waals surface area contributed by atoms with Crippen molar-refractivity contribution in [3.63, 3.8) is 0 Å². The first kappa shape index (κ1) is 14.4. The van der Waals surface area contributed by atoms with Crippen molar-refractivity contribution in [2.45, 2.75) is 13.0 Å². The van der Waals surface area contributed by atoms with E-state index < -0.39 is 0 Å². The van der Waals surface area contributed by atoms with Gasteiger partial charge in [0.2, 0.25) is 0 Å². The van der Waals surface area contributed by atoms with Crippen LogP contribution in [-0.4, -0.2) is 30.3 Å². The second kappa shape index (κ2) is 6.43. The number of nitrogens with zero attached hydrogens (tertiary/aromatic N) is 2. The van der Waals surface area contributed by atoms with Crippen molar-refractivity contribution < 1.29 is 9.47 Å². The van der Waals surface area contributed by atoms with Crippen molar-refractivity contribution in [2.75, 3.05) is 20.8 Å². The average molecular weight is 275 g/mol. The Hall–Kier alpha value is -2.01. The lowest BCUT2D eigenvalue weighted by molar-refractivity contribution is 0.376. The Bertz CT molecular complexity index is 544. The Morgan fingerprint density at radius 3 is 2.35 bits per heavy atom. The number of methoxy groups -OCH3 is 2. The largest absolute Gasteiger partial charge is 0.496 e. The van der Waals surface area contributed by atoms with Crippen molar-refractivity contribution in [1.29, 1.82) is 0 Å². The highest BCUT2D eigenvalue weighted by Gasteiger charge is 2.23. The molecule has 0 spiro atoms. The molecular formula is C15H21N3O2. The number of aryl methyl sites for hydroxylation is 1. The first-order chi connectivity index (χ1) is 9.71. The lowest BCUT2D eigenvalue weighted by Gasteiger charge is -2.21. The molecule has 1 aromatic heterocycles. The molecule has 2 aromatic rings. The molecule has 0 fully saturated rings. The van der Waals surface area contributed by atoms with Crippen molar-refractivity contribution in [3.05, 3.63) is 42.0 Å². The van der Waals surface area contributed by atoms with Gasteiger partial charge in [-0.1, -0.05) is 13.0 Å². The van der Waals surface area contributed by atoms with E-state index in [9.17, 15) is 0 Å². The van der Waals surface area contributed by atoms with E-state index >= 15 is 0 Å².